The summed E-state index contributed by atoms with van der Waals surface area (Å²) in [5.74, 6) is 2.75. The van der Waals surface area contributed by atoms with Gasteiger partial charge in [0, 0.05) is 18.5 Å². The molecular weight excluding hydrogens is 233 g/mol. The summed E-state index contributed by atoms with van der Waals surface area (Å²) in [5.41, 5.74) is 0. The molecule has 1 saturated carbocycles. The molecule has 106 valence electrons. The second kappa shape index (κ2) is 4.53. The lowest BCUT2D eigenvalue weighted by atomic mass is 9.25. The molecule has 0 aromatic carbocycles. The van der Waals surface area contributed by atoms with Crippen molar-refractivity contribution in [2.75, 3.05) is 0 Å². The van der Waals surface area contributed by atoms with E-state index in [4.69, 9.17) is 0 Å². The topological polar surface area (TPSA) is 20.3 Å². The fourth-order valence-electron chi connectivity index (χ4n) is 5.25. The van der Waals surface area contributed by atoms with E-state index in [-0.39, 0.29) is 0 Å². The number of carbonyl (C=O) groups excluding carboxylic acids is 1. The molecule has 2 nitrogen and oxygen atoms in total. The Labute approximate surface area is 118 Å². The van der Waals surface area contributed by atoms with Gasteiger partial charge in [-0.1, -0.05) is 44.2 Å². The molecule has 0 radical (unpaired) electrons. The number of nitrogens with zero attached hydrogens (tertiary/aromatic N) is 1. The monoisotopic (exact) mass is 261 g/mol. The van der Waals surface area contributed by atoms with Gasteiger partial charge in [-0.3, -0.25) is 4.79 Å². The number of likely N-dealkylation sites (tertiary alicyclic amines) is 1. The van der Waals surface area contributed by atoms with Gasteiger partial charge in [-0.05, 0) is 32.1 Å². The first-order chi connectivity index (χ1) is 8.94. The van der Waals surface area contributed by atoms with E-state index in [1.165, 1.54) is 33.0 Å². The Balaban J connectivity index is 1.79. The highest BCUT2D eigenvalue weighted by Crippen LogP contribution is 2.63. The van der Waals surface area contributed by atoms with Crippen LogP contribution in [-0.2, 0) is 4.79 Å². The minimum Gasteiger partial charge on any atom is -0.337 e. The van der Waals surface area contributed by atoms with Gasteiger partial charge in [0.05, 0.1) is 0 Å². The predicted octanol–water partition coefficient (Wildman–Crippen LogP) is 3.24. The van der Waals surface area contributed by atoms with Crippen LogP contribution < -0.4 is 0 Å². The van der Waals surface area contributed by atoms with Crippen molar-refractivity contribution >= 4 is 13.2 Å². The molecule has 3 heterocycles. The van der Waals surface area contributed by atoms with Gasteiger partial charge < -0.3 is 4.90 Å². The summed E-state index contributed by atoms with van der Waals surface area (Å²) in [6, 6.07) is 0.944. The highest BCUT2D eigenvalue weighted by atomic mass is 16.2. The van der Waals surface area contributed by atoms with Crippen molar-refractivity contribution in [1.82, 2.24) is 4.90 Å². The quantitative estimate of drug-likeness (QED) is 0.699. The van der Waals surface area contributed by atoms with E-state index in [1.54, 1.807) is 0 Å². The Morgan fingerprint density at radius 1 is 1.32 bits per heavy atom. The fourth-order valence-corrected chi connectivity index (χ4v) is 5.25. The van der Waals surface area contributed by atoms with Gasteiger partial charge in [0.2, 0.25) is 5.91 Å². The van der Waals surface area contributed by atoms with Crippen LogP contribution in [0.1, 0.15) is 59.8 Å². The third-order valence-corrected chi connectivity index (χ3v) is 6.45. The van der Waals surface area contributed by atoms with Gasteiger partial charge in [0.1, 0.15) is 7.28 Å². The maximum atomic E-state index is 12.3. The van der Waals surface area contributed by atoms with Gasteiger partial charge in [-0.2, -0.15) is 0 Å². The number of rotatable bonds is 2. The number of fused-ring (bicyclic) bond motifs is 2. The predicted molar refractivity (Wildman–Crippen MR) is 80.8 cm³/mol. The zero-order valence-electron chi connectivity index (χ0n) is 13.0. The summed E-state index contributed by atoms with van der Waals surface area (Å²) in [5, 5.41) is 0.629. The van der Waals surface area contributed by atoms with Crippen molar-refractivity contribution < 1.29 is 4.79 Å². The molecule has 0 spiro atoms. The van der Waals surface area contributed by atoms with Crippen LogP contribution in [0.5, 0.6) is 0 Å². The molecule has 0 N–H and O–H groups in total. The minimum absolute atomic E-state index is 0.386. The number of hydrogen-bond acceptors (Lipinski definition) is 1. The van der Waals surface area contributed by atoms with Crippen LogP contribution in [0.2, 0.25) is 11.1 Å². The number of carbonyl (C=O) groups is 1. The van der Waals surface area contributed by atoms with E-state index in [2.05, 4.69) is 32.6 Å². The van der Waals surface area contributed by atoms with E-state index >= 15 is 0 Å². The maximum Gasteiger partial charge on any atom is 0.223 e. The summed E-state index contributed by atoms with van der Waals surface area (Å²) >= 11 is 0. The van der Waals surface area contributed by atoms with E-state index in [0.717, 1.165) is 18.2 Å². The molecule has 4 unspecified atom stereocenters. The largest absolute Gasteiger partial charge is 0.337 e. The average molecular weight is 261 g/mol. The van der Waals surface area contributed by atoms with Crippen LogP contribution in [0.4, 0.5) is 0 Å². The maximum absolute atomic E-state index is 12.3. The second-order valence-electron chi connectivity index (χ2n) is 7.91. The van der Waals surface area contributed by atoms with Gasteiger partial charge in [-0.15, -0.1) is 0 Å². The lowest BCUT2D eigenvalue weighted by Crippen LogP contribution is -2.49. The van der Waals surface area contributed by atoms with Gasteiger partial charge in [-0.25, -0.2) is 0 Å². The Morgan fingerprint density at radius 3 is 2.58 bits per heavy atom. The van der Waals surface area contributed by atoms with E-state index < -0.39 is 0 Å². The van der Waals surface area contributed by atoms with Crippen molar-refractivity contribution in [1.29, 1.82) is 0 Å². The highest BCUT2D eigenvalue weighted by molar-refractivity contribution is 6.46. The van der Waals surface area contributed by atoms with Crippen molar-refractivity contribution in [3.8, 4) is 0 Å². The molecule has 1 aliphatic carbocycles. The summed E-state index contributed by atoms with van der Waals surface area (Å²) in [6.45, 7) is 9.15. The van der Waals surface area contributed by atoms with Gasteiger partial charge in [0.25, 0.3) is 0 Å². The molecule has 4 rings (SSSR count). The minimum atomic E-state index is 0.386. The summed E-state index contributed by atoms with van der Waals surface area (Å²) in [4.78, 5) is 14.5. The normalized spacial score (nSPS) is 41.7. The first-order valence-corrected chi connectivity index (χ1v) is 8.26. The fraction of sp³-hybridized carbons (Fsp3) is 0.938. The average Bonchev–Trinajstić information content (AvgIpc) is 2.52. The first kappa shape index (κ1) is 13.5. The lowest BCUT2D eigenvalue weighted by molar-refractivity contribution is -0.130. The zero-order valence-corrected chi connectivity index (χ0v) is 13.0. The van der Waals surface area contributed by atoms with Crippen molar-refractivity contribution in [3.63, 3.8) is 0 Å². The SMILES string of the molecule is CC(C)N1C(=O)CC2C3BC(C(C)C)(CCCC21)C3. The van der Waals surface area contributed by atoms with Gasteiger partial charge in [0.15, 0.2) is 0 Å². The highest BCUT2D eigenvalue weighted by Gasteiger charge is 2.55. The summed E-state index contributed by atoms with van der Waals surface area (Å²) in [6.07, 6.45) is 6.19. The van der Waals surface area contributed by atoms with E-state index in [1.807, 2.05) is 0 Å². The molecule has 4 atom stereocenters. The number of amides is 1. The molecule has 19 heavy (non-hydrogen) atoms. The van der Waals surface area contributed by atoms with Crippen LogP contribution in [0.3, 0.4) is 0 Å². The third-order valence-electron chi connectivity index (χ3n) is 6.45. The molecule has 2 bridgehead atoms. The summed E-state index contributed by atoms with van der Waals surface area (Å²) in [7, 11) is 1.39. The van der Waals surface area contributed by atoms with Crippen LogP contribution in [0.25, 0.3) is 0 Å². The molecule has 4 fully saturated rings. The molecule has 1 amide bonds. The zero-order chi connectivity index (χ0) is 13.8. The second-order valence-corrected chi connectivity index (χ2v) is 7.91. The lowest BCUT2D eigenvalue weighted by Gasteiger charge is -2.55. The molecule has 3 aliphatic heterocycles. The molecule has 4 aliphatic rings. The molecular formula is C16H28BNO. The van der Waals surface area contributed by atoms with E-state index in [9.17, 15) is 4.79 Å². The van der Waals surface area contributed by atoms with Gasteiger partial charge >= 0.3 is 0 Å². The number of hydrogen-bond donors (Lipinski definition) is 0. The van der Waals surface area contributed by atoms with Crippen LogP contribution in [-0.4, -0.2) is 30.2 Å². The van der Waals surface area contributed by atoms with Crippen molar-refractivity contribution in [2.24, 2.45) is 11.8 Å². The third kappa shape index (κ3) is 1.95. The Kier molecular flexibility index (Phi) is 3.22. The molecule has 0 aromatic rings. The Bertz CT molecular complexity index is 373. The van der Waals surface area contributed by atoms with E-state index in [0.29, 0.717) is 29.2 Å². The Morgan fingerprint density at radius 2 is 2.00 bits per heavy atom. The molecule has 3 saturated heterocycles. The Hall–Kier alpha value is -0.465. The smallest absolute Gasteiger partial charge is 0.223 e. The van der Waals surface area contributed by atoms with Crippen LogP contribution in [0, 0.1) is 11.8 Å². The van der Waals surface area contributed by atoms with Crippen molar-refractivity contribution in [2.45, 2.75) is 83.0 Å². The molecule has 3 heteroatoms. The standard InChI is InChI=1S/C16H28BNO/c1-10(2)16-7-5-6-14-12(13(9-16)17-16)8-15(19)18(14)11(3)4/h10-14,17H,5-9H2,1-4H3. The summed E-state index contributed by atoms with van der Waals surface area (Å²) < 4.78 is 0. The van der Waals surface area contributed by atoms with Crippen LogP contribution >= 0.6 is 0 Å². The van der Waals surface area contributed by atoms with Crippen molar-refractivity contribution in [3.05, 3.63) is 0 Å². The molecule has 0 aromatic heterocycles. The van der Waals surface area contributed by atoms with Crippen LogP contribution in [0.15, 0.2) is 0 Å². The first-order valence-electron chi connectivity index (χ1n) is 8.26.